The zero-order valence-corrected chi connectivity index (χ0v) is 50.1. The summed E-state index contributed by atoms with van der Waals surface area (Å²) in [5.41, 5.74) is 3.83. The van der Waals surface area contributed by atoms with Crippen LogP contribution in [0, 0.1) is 29.6 Å². The average molecular weight is 1120 g/mol. The van der Waals surface area contributed by atoms with E-state index in [0.29, 0.717) is 19.4 Å². The van der Waals surface area contributed by atoms with Gasteiger partial charge in [0.1, 0.15) is 48.0 Å². The van der Waals surface area contributed by atoms with Gasteiger partial charge in [-0.1, -0.05) is 76.7 Å². The second-order valence-corrected chi connectivity index (χ2v) is 29.4. The van der Waals surface area contributed by atoms with E-state index < -0.39 is 112 Å². The van der Waals surface area contributed by atoms with Crippen LogP contribution in [0.5, 0.6) is 0 Å². The van der Waals surface area contributed by atoms with Crippen LogP contribution in [0.4, 0.5) is 0 Å². The Labute approximate surface area is 464 Å². The van der Waals surface area contributed by atoms with Crippen LogP contribution in [0.3, 0.4) is 0 Å². The van der Waals surface area contributed by atoms with Crippen molar-refractivity contribution in [3.05, 3.63) is 23.7 Å². The highest BCUT2D eigenvalue weighted by Crippen LogP contribution is 2.42. The number of aliphatic hydroxyl groups is 6. The summed E-state index contributed by atoms with van der Waals surface area (Å²) in [6.45, 7) is 29.3. The van der Waals surface area contributed by atoms with Crippen molar-refractivity contribution >= 4 is 14.6 Å². The first-order chi connectivity index (χ1) is 35.5. The van der Waals surface area contributed by atoms with Crippen LogP contribution in [0.2, 0.25) is 18.1 Å². The van der Waals surface area contributed by atoms with E-state index in [1.807, 2.05) is 20.8 Å². The Morgan fingerprint density at radius 3 is 1.49 bits per heavy atom. The standard InChI is InChI=1S/C31H59NO8Si.C22H40N2O7.C3H6O.CH4/c1-11-22-15-14-19(2)28(38-22)39-25-20(3)17-21(13-12-16-37-41(9,10)30(4,5)6)26(23(25)33)40-29-24(34)27(32-8)31(7,35)18-36-29;1-6-13-8-7-11(2)20(29-13)30-17-12(3)9-14(23)18(15(17)25)31-21-16(26)19(24-5)22(4,27)10-28-21;1-2-3-4;/h15,19-21,23-29,32-35H,11-14,16-18H2,1-10H3;8,11-12,14-21,24-27H,6-7,9-10,23H2,1-5H3;3H,2H2,1H3;1H4/t19-,20+,21-,23+,24-,25?,26+,27-,28-,29-,31+;11-,12+,14-,15+,16-,17-,18+,19-,20-,21-,22+;;/m11../s1. The van der Waals surface area contributed by atoms with Crippen LogP contribution in [0.25, 0.3) is 0 Å². The number of hydrogen-bond acceptors (Lipinski definition) is 19. The van der Waals surface area contributed by atoms with Crippen molar-refractivity contribution in [2.75, 3.05) is 33.9 Å². The third-order valence-corrected chi connectivity index (χ3v) is 21.4. The van der Waals surface area contributed by atoms with Gasteiger partial charge in [0.2, 0.25) is 12.6 Å². The molecule has 4 heterocycles. The van der Waals surface area contributed by atoms with E-state index in [1.54, 1.807) is 27.9 Å². The molecule has 0 bridgehead atoms. The van der Waals surface area contributed by atoms with Gasteiger partial charge < -0.3 is 94.1 Å². The van der Waals surface area contributed by atoms with Crippen molar-refractivity contribution in [3.8, 4) is 0 Å². The van der Waals surface area contributed by atoms with Crippen molar-refractivity contribution in [1.29, 1.82) is 0 Å². The molecule has 0 spiro atoms. The normalized spacial score (nSPS) is 41.6. The number of rotatable bonds is 18. The number of ether oxygens (including phenoxy) is 8. The number of carbonyl (C=O) groups excluding carboxylic acids is 1. The second kappa shape index (κ2) is 30.6. The molecule has 4 fully saturated rings. The van der Waals surface area contributed by atoms with Crippen molar-refractivity contribution in [2.24, 2.45) is 35.3 Å². The lowest BCUT2D eigenvalue weighted by Crippen LogP contribution is -2.67. The van der Waals surface area contributed by atoms with Crippen LogP contribution in [0.15, 0.2) is 23.7 Å². The summed E-state index contributed by atoms with van der Waals surface area (Å²) >= 11 is 0. The Morgan fingerprint density at radius 1 is 0.688 bits per heavy atom. The molecule has 20 heteroatoms. The number of nitrogens with two attached hydrogens (primary N) is 1. The molecule has 1 unspecified atom stereocenters. The Hall–Kier alpha value is -1.67. The topological polar surface area (TPSA) is 272 Å². The van der Waals surface area contributed by atoms with Gasteiger partial charge in [0.05, 0.1) is 55.1 Å². The number of allylic oxidation sites excluding steroid dienone is 4. The molecule has 6 aliphatic rings. The highest BCUT2D eigenvalue weighted by molar-refractivity contribution is 6.74. The summed E-state index contributed by atoms with van der Waals surface area (Å²) in [4.78, 5) is 9.17. The first-order valence-corrected chi connectivity index (χ1v) is 31.3. The van der Waals surface area contributed by atoms with E-state index >= 15 is 0 Å². The molecule has 2 aliphatic carbocycles. The zero-order valence-electron chi connectivity index (χ0n) is 49.1. The number of aldehydes is 1. The summed E-state index contributed by atoms with van der Waals surface area (Å²) in [6, 6.07) is -1.74. The molecule has 0 amide bonds. The van der Waals surface area contributed by atoms with E-state index in [-0.39, 0.29) is 55.3 Å². The molecule has 0 aromatic rings. The van der Waals surface area contributed by atoms with Gasteiger partial charge in [-0.15, -0.1) is 0 Å². The van der Waals surface area contributed by atoms with Crippen molar-refractivity contribution in [3.63, 3.8) is 0 Å². The van der Waals surface area contributed by atoms with Crippen LogP contribution in [0.1, 0.15) is 148 Å². The lowest BCUT2D eigenvalue weighted by atomic mass is 9.74. The number of aliphatic hydroxyl groups excluding tert-OH is 4. The Kier molecular flexibility index (Phi) is 27.6. The highest BCUT2D eigenvalue weighted by Gasteiger charge is 2.53. The molecule has 19 nitrogen and oxygen atoms in total. The maximum atomic E-state index is 11.8. The molecule has 452 valence electrons. The predicted molar refractivity (Wildman–Crippen MR) is 298 cm³/mol. The van der Waals surface area contributed by atoms with E-state index in [0.717, 1.165) is 62.8 Å². The van der Waals surface area contributed by atoms with E-state index in [9.17, 15) is 35.4 Å². The van der Waals surface area contributed by atoms with Crippen molar-refractivity contribution in [1.82, 2.24) is 10.6 Å². The number of hydrogen-bond donors (Lipinski definition) is 9. The largest absolute Gasteiger partial charge is 0.469 e. The van der Waals surface area contributed by atoms with E-state index in [2.05, 4.69) is 84.3 Å². The van der Waals surface area contributed by atoms with Gasteiger partial charge in [0, 0.05) is 43.7 Å². The number of carbonyl (C=O) groups is 1. The fourth-order valence-electron chi connectivity index (χ4n) is 11.0. The van der Waals surface area contributed by atoms with Crippen LogP contribution in [-0.2, 0) is 47.1 Å². The minimum atomic E-state index is -1.86. The third-order valence-electron chi connectivity index (χ3n) is 16.9. The second-order valence-electron chi connectivity index (χ2n) is 24.6. The minimum Gasteiger partial charge on any atom is -0.469 e. The summed E-state index contributed by atoms with van der Waals surface area (Å²) in [5.74, 6) is 2.23. The van der Waals surface area contributed by atoms with Gasteiger partial charge in [-0.05, 0) is 115 Å². The lowest BCUT2D eigenvalue weighted by Gasteiger charge is -2.49. The van der Waals surface area contributed by atoms with Crippen molar-refractivity contribution < 1.29 is 77.8 Å². The Bertz CT molecular complexity index is 1800. The quantitative estimate of drug-likeness (QED) is 0.0449. The number of likely N-dealkylation sites (N-methyl/N-ethyl adjacent to an activating group) is 2. The first-order valence-electron chi connectivity index (χ1n) is 28.4. The minimum absolute atomic E-state index is 0. The molecule has 0 radical (unpaired) electrons. The van der Waals surface area contributed by atoms with Gasteiger partial charge in [0.15, 0.2) is 20.9 Å². The van der Waals surface area contributed by atoms with Gasteiger partial charge in [-0.25, -0.2) is 0 Å². The molecule has 4 aliphatic heterocycles. The summed E-state index contributed by atoms with van der Waals surface area (Å²) in [7, 11) is 1.49. The molecule has 77 heavy (non-hydrogen) atoms. The van der Waals surface area contributed by atoms with Gasteiger partial charge in [0.25, 0.3) is 0 Å². The summed E-state index contributed by atoms with van der Waals surface area (Å²) in [6.07, 6.45) is 2.52. The number of nitrogens with one attached hydrogen (secondary N) is 2. The maximum Gasteiger partial charge on any atom is 0.202 e. The Balaban J connectivity index is 0.000000386. The molecule has 2 saturated carbocycles. The van der Waals surface area contributed by atoms with E-state index in [4.69, 9.17) is 48.1 Å². The first kappa shape index (κ1) is 69.6. The monoisotopic (exact) mass is 1120 g/mol. The summed E-state index contributed by atoms with van der Waals surface area (Å²) < 4.78 is 55.2. The van der Waals surface area contributed by atoms with Gasteiger partial charge >= 0.3 is 0 Å². The molecular formula is C57H109N3O16Si. The molecule has 0 aromatic carbocycles. The van der Waals surface area contributed by atoms with Crippen LogP contribution in [-0.4, -0.2) is 182 Å². The molecule has 22 atom stereocenters. The molecule has 6 rings (SSSR count). The molecular weight excluding hydrogens is 1010 g/mol. The molecule has 10 N–H and O–H groups in total. The maximum absolute atomic E-state index is 11.8. The Morgan fingerprint density at radius 2 is 1.09 bits per heavy atom. The van der Waals surface area contributed by atoms with Crippen LogP contribution >= 0.6 is 0 Å². The smallest absolute Gasteiger partial charge is 0.202 e. The van der Waals surface area contributed by atoms with E-state index in [1.165, 1.54) is 0 Å². The third kappa shape index (κ3) is 18.2. The molecule has 0 aromatic heterocycles. The lowest BCUT2D eigenvalue weighted by molar-refractivity contribution is -0.312. The SMILES string of the molecule is C.CCC1=CC[C@@H](C)[C@@H](OC2[C@@H](C)C[C@@H](CCCO[Si](C)(C)C(C)(C)C)[C@H](O[C@H]3OC[C@](C)(O)[C@H](NC)[C@H]3O)[C@H]2O)O1.CCC1=CC[C@@H](C)[C@@H](O[C@H]2[C@H](O)[C@@H](O[C@H]3OC[C@](C)(O)[C@H](NC)[C@H]3O)[C@H](N)C[C@@H]2C)O1.CCC=O. The van der Waals surface area contributed by atoms with Crippen LogP contribution < -0.4 is 16.4 Å². The average Bonchev–Trinajstić information content (AvgIpc) is 3.35. The van der Waals surface area contributed by atoms with Gasteiger partial charge in [-0.3, -0.25) is 0 Å². The zero-order chi connectivity index (χ0) is 57.1. The highest BCUT2D eigenvalue weighted by atomic mass is 28.4. The summed E-state index contributed by atoms with van der Waals surface area (Å²) in [5, 5.41) is 72.0. The van der Waals surface area contributed by atoms with Crippen molar-refractivity contribution in [2.45, 2.75) is 270 Å². The predicted octanol–water partition coefficient (Wildman–Crippen LogP) is 5.76. The van der Waals surface area contributed by atoms with Gasteiger partial charge in [-0.2, -0.15) is 0 Å². The fourth-order valence-corrected chi connectivity index (χ4v) is 12.1. The fraction of sp³-hybridized carbons (Fsp3) is 0.912. The molecule has 2 saturated heterocycles.